The van der Waals surface area contributed by atoms with Crippen molar-refractivity contribution in [2.45, 2.75) is 0 Å². The molecule has 1 amide bonds. The third-order valence-corrected chi connectivity index (χ3v) is 4.92. The first-order valence-electron chi connectivity index (χ1n) is 7.99. The van der Waals surface area contributed by atoms with E-state index in [1.165, 1.54) is 0 Å². The first kappa shape index (κ1) is 18.3. The lowest BCUT2D eigenvalue weighted by Crippen LogP contribution is -2.48. The van der Waals surface area contributed by atoms with Crippen LogP contribution >= 0.6 is 34.8 Å². The van der Waals surface area contributed by atoms with Crippen LogP contribution in [-0.4, -0.2) is 43.5 Å². The molecule has 0 radical (unpaired) electrons. The fraction of sp³-hybridized carbons (Fsp3) is 0.278. The molecular formula is C18H18Cl3N3O. The Bertz CT molecular complexity index is 761. The molecule has 25 heavy (non-hydrogen) atoms. The molecule has 2 aromatic carbocycles. The van der Waals surface area contributed by atoms with Crippen LogP contribution in [0.25, 0.3) is 0 Å². The molecule has 1 fully saturated rings. The maximum Gasteiger partial charge on any atom is 0.238 e. The van der Waals surface area contributed by atoms with Crippen LogP contribution in [0, 0.1) is 0 Å². The Kier molecular flexibility index (Phi) is 6.07. The van der Waals surface area contributed by atoms with E-state index in [4.69, 9.17) is 34.8 Å². The van der Waals surface area contributed by atoms with Gasteiger partial charge in [-0.1, -0.05) is 40.9 Å². The fourth-order valence-corrected chi connectivity index (χ4v) is 3.34. The van der Waals surface area contributed by atoms with Crippen molar-refractivity contribution in [1.29, 1.82) is 0 Å². The molecule has 0 bridgehead atoms. The molecule has 2 aromatic rings. The molecule has 0 unspecified atom stereocenters. The number of nitrogens with one attached hydrogen (secondary N) is 1. The van der Waals surface area contributed by atoms with Crippen molar-refractivity contribution >= 4 is 52.1 Å². The molecule has 1 aliphatic heterocycles. The Morgan fingerprint density at radius 1 is 0.960 bits per heavy atom. The quantitative estimate of drug-likeness (QED) is 0.829. The summed E-state index contributed by atoms with van der Waals surface area (Å²) in [5.41, 5.74) is 1.65. The van der Waals surface area contributed by atoms with Gasteiger partial charge in [0.2, 0.25) is 5.91 Å². The van der Waals surface area contributed by atoms with E-state index in [1.807, 2.05) is 18.2 Å². The number of benzene rings is 2. The van der Waals surface area contributed by atoms with Gasteiger partial charge in [-0.15, -0.1) is 0 Å². The predicted octanol–water partition coefficient (Wildman–Crippen LogP) is 4.41. The SMILES string of the molecule is O=C(CN1CCN(c2cccc(Cl)c2)CC1)Nc1cc(Cl)ccc1Cl. The molecule has 0 spiro atoms. The zero-order valence-corrected chi connectivity index (χ0v) is 15.8. The van der Waals surface area contributed by atoms with Crippen LogP contribution in [0.3, 0.4) is 0 Å². The molecule has 0 saturated carbocycles. The van der Waals surface area contributed by atoms with Gasteiger partial charge in [0.1, 0.15) is 0 Å². The number of nitrogens with zero attached hydrogens (tertiary/aromatic N) is 2. The molecular weight excluding hydrogens is 381 g/mol. The highest BCUT2D eigenvalue weighted by atomic mass is 35.5. The summed E-state index contributed by atoms with van der Waals surface area (Å²) in [4.78, 5) is 16.6. The minimum absolute atomic E-state index is 0.0969. The van der Waals surface area contributed by atoms with Gasteiger partial charge in [-0.3, -0.25) is 9.69 Å². The summed E-state index contributed by atoms with van der Waals surface area (Å²) in [6.45, 7) is 3.65. The lowest BCUT2D eigenvalue weighted by atomic mass is 10.2. The number of hydrogen-bond acceptors (Lipinski definition) is 3. The topological polar surface area (TPSA) is 35.6 Å². The molecule has 0 aromatic heterocycles. The Balaban J connectivity index is 1.52. The maximum absolute atomic E-state index is 12.3. The maximum atomic E-state index is 12.3. The molecule has 132 valence electrons. The van der Waals surface area contributed by atoms with Crippen LogP contribution in [0.15, 0.2) is 42.5 Å². The largest absolute Gasteiger partial charge is 0.369 e. The zero-order valence-electron chi connectivity index (χ0n) is 13.5. The third kappa shape index (κ3) is 5.02. The Labute approximate surface area is 162 Å². The first-order valence-corrected chi connectivity index (χ1v) is 9.12. The zero-order chi connectivity index (χ0) is 17.8. The molecule has 1 heterocycles. The van der Waals surface area contributed by atoms with Gasteiger partial charge < -0.3 is 10.2 Å². The highest BCUT2D eigenvalue weighted by molar-refractivity contribution is 6.35. The minimum Gasteiger partial charge on any atom is -0.369 e. The van der Waals surface area contributed by atoms with E-state index >= 15 is 0 Å². The molecule has 7 heteroatoms. The number of carbonyl (C=O) groups excluding carboxylic acids is 1. The molecule has 1 N–H and O–H groups in total. The van der Waals surface area contributed by atoms with Gasteiger partial charge in [-0.2, -0.15) is 0 Å². The number of hydrogen-bond donors (Lipinski definition) is 1. The fourth-order valence-electron chi connectivity index (χ4n) is 2.82. The second-order valence-corrected chi connectivity index (χ2v) is 7.20. The molecule has 1 saturated heterocycles. The summed E-state index contributed by atoms with van der Waals surface area (Å²) >= 11 is 18.1. The third-order valence-electron chi connectivity index (χ3n) is 4.12. The van der Waals surface area contributed by atoms with E-state index in [1.54, 1.807) is 18.2 Å². The highest BCUT2D eigenvalue weighted by Gasteiger charge is 2.19. The van der Waals surface area contributed by atoms with Crippen molar-refractivity contribution in [3.8, 4) is 0 Å². The van der Waals surface area contributed by atoms with Crippen molar-refractivity contribution in [3.63, 3.8) is 0 Å². The van der Waals surface area contributed by atoms with Gasteiger partial charge in [-0.25, -0.2) is 0 Å². The molecule has 0 atom stereocenters. The summed E-state index contributed by atoms with van der Waals surface area (Å²) < 4.78 is 0. The predicted molar refractivity (Wildman–Crippen MR) is 105 cm³/mol. The molecule has 0 aliphatic carbocycles. The number of halogens is 3. The first-order chi connectivity index (χ1) is 12.0. The molecule has 3 rings (SSSR count). The van der Waals surface area contributed by atoms with Crippen molar-refractivity contribution in [2.24, 2.45) is 0 Å². The van der Waals surface area contributed by atoms with Crippen molar-refractivity contribution in [1.82, 2.24) is 4.90 Å². The van der Waals surface area contributed by atoms with Gasteiger partial charge in [0, 0.05) is 41.9 Å². The van der Waals surface area contributed by atoms with E-state index < -0.39 is 0 Å². The van der Waals surface area contributed by atoms with Crippen LogP contribution in [0.1, 0.15) is 0 Å². The van der Waals surface area contributed by atoms with Gasteiger partial charge in [0.05, 0.1) is 17.3 Å². The second kappa shape index (κ2) is 8.28. The second-order valence-electron chi connectivity index (χ2n) is 5.92. The van der Waals surface area contributed by atoms with Gasteiger partial charge >= 0.3 is 0 Å². The summed E-state index contributed by atoms with van der Waals surface area (Å²) in [5, 5.41) is 4.57. The van der Waals surface area contributed by atoms with Gasteiger partial charge in [-0.05, 0) is 36.4 Å². The highest BCUT2D eigenvalue weighted by Crippen LogP contribution is 2.25. The van der Waals surface area contributed by atoms with E-state index in [-0.39, 0.29) is 5.91 Å². The van der Waals surface area contributed by atoms with Gasteiger partial charge in [0.25, 0.3) is 0 Å². The summed E-state index contributed by atoms with van der Waals surface area (Å²) in [5.74, 6) is -0.0969. The normalized spacial score (nSPS) is 15.2. The lowest BCUT2D eigenvalue weighted by molar-refractivity contribution is -0.117. The van der Waals surface area contributed by atoms with Gasteiger partial charge in [0.15, 0.2) is 0 Å². The Morgan fingerprint density at radius 2 is 1.68 bits per heavy atom. The van der Waals surface area contributed by atoms with E-state index in [2.05, 4.69) is 21.2 Å². The number of carbonyl (C=O) groups is 1. The van der Waals surface area contributed by atoms with Crippen molar-refractivity contribution < 1.29 is 4.79 Å². The standard InChI is InChI=1S/C18H18Cl3N3O/c19-13-2-1-3-15(10-13)24-8-6-23(7-9-24)12-18(25)22-17-11-14(20)4-5-16(17)21/h1-5,10-11H,6-9,12H2,(H,22,25). The summed E-state index contributed by atoms with van der Waals surface area (Å²) in [6.07, 6.45) is 0. The van der Waals surface area contributed by atoms with Crippen molar-refractivity contribution in [3.05, 3.63) is 57.5 Å². The Morgan fingerprint density at radius 3 is 2.40 bits per heavy atom. The number of piperazine rings is 1. The van der Waals surface area contributed by atoms with E-state index in [0.29, 0.717) is 22.3 Å². The van der Waals surface area contributed by atoms with Crippen LogP contribution in [0.4, 0.5) is 11.4 Å². The average Bonchev–Trinajstić information content (AvgIpc) is 2.59. The van der Waals surface area contributed by atoms with E-state index in [0.717, 1.165) is 36.9 Å². The number of amides is 1. The monoisotopic (exact) mass is 397 g/mol. The molecule has 4 nitrogen and oxygen atoms in total. The van der Waals surface area contributed by atoms with Crippen molar-refractivity contribution in [2.75, 3.05) is 42.9 Å². The lowest BCUT2D eigenvalue weighted by Gasteiger charge is -2.35. The van der Waals surface area contributed by atoms with Crippen LogP contribution < -0.4 is 10.2 Å². The van der Waals surface area contributed by atoms with Crippen LogP contribution in [0.5, 0.6) is 0 Å². The van der Waals surface area contributed by atoms with E-state index in [9.17, 15) is 4.79 Å². The van der Waals surface area contributed by atoms with Crippen LogP contribution in [-0.2, 0) is 4.79 Å². The Hall–Kier alpha value is -1.46. The number of rotatable bonds is 4. The summed E-state index contributed by atoms with van der Waals surface area (Å²) in [6, 6.07) is 12.8. The average molecular weight is 399 g/mol. The smallest absolute Gasteiger partial charge is 0.238 e. The summed E-state index contributed by atoms with van der Waals surface area (Å²) in [7, 11) is 0. The molecule has 1 aliphatic rings. The number of anilines is 2. The van der Waals surface area contributed by atoms with Crippen LogP contribution in [0.2, 0.25) is 15.1 Å². The minimum atomic E-state index is -0.0969.